The van der Waals surface area contributed by atoms with Crippen LogP contribution in [0.4, 0.5) is 25.0 Å². The summed E-state index contributed by atoms with van der Waals surface area (Å²) in [5.74, 6) is -2.38. The zero-order valence-corrected chi connectivity index (χ0v) is 10.5. The minimum atomic E-state index is -1.25. The van der Waals surface area contributed by atoms with Gasteiger partial charge in [-0.3, -0.25) is 15.4 Å². The minimum absolute atomic E-state index is 0.391. The van der Waals surface area contributed by atoms with Crippen molar-refractivity contribution in [1.82, 2.24) is 0 Å². The first kappa shape index (κ1) is 14.8. The molecule has 104 valence electrons. The second kappa shape index (κ2) is 5.17. The number of carbonyl (C=O) groups is 1. The van der Waals surface area contributed by atoms with E-state index in [1.165, 1.54) is 0 Å². The number of nitrogens with zero attached hydrogens (tertiary/aromatic N) is 1. The molecule has 1 amide bonds. The summed E-state index contributed by atoms with van der Waals surface area (Å²) in [6.07, 6.45) is -0.986. The zero-order chi connectivity index (χ0) is 14.8. The summed E-state index contributed by atoms with van der Waals surface area (Å²) in [6.45, 7) is 4.79. The van der Waals surface area contributed by atoms with E-state index >= 15 is 0 Å². The monoisotopic (exact) mass is 274 g/mol. The highest BCUT2D eigenvalue weighted by molar-refractivity contribution is 5.85. The number of benzene rings is 1. The number of hydrogen-bond acceptors (Lipinski definition) is 4. The molecule has 0 fully saturated rings. The Morgan fingerprint density at radius 3 is 2.37 bits per heavy atom. The Bertz CT molecular complexity index is 526. The van der Waals surface area contributed by atoms with Gasteiger partial charge in [0.2, 0.25) is 5.82 Å². The number of anilines is 1. The highest BCUT2D eigenvalue weighted by atomic mass is 19.1. The highest BCUT2D eigenvalue weighted by Crippen LogP contribution is 2.25. The molecule has 0 spiro atoms. The molecule has 0 saturated carbocycles. The zero-order valence-electron chi connectivity index (χ0n) is 10.5. The molecule has 6 nitrogen and oxygen atoms in total. The van der Waals surface area contributed by atoms with Gasteiger partial charge in [-0.25, -0.2) is 9.18 Å². The van der Waals surface area contributed by atoms with Crippen LogP contribution in [-0.4, -0.2) is 16.6 Å². The van der Waals surface area contributed by atoms with Gasteiger partial charge in [0.15, 0.2) is 5.82 Å². The van der Waals surface area contributed by atoms with Crippen LogP contribution in [-0.2, 0) is 4.74 Å². The van der Waals surface area contributed by atoms with Gasteiger partial charge in [-0.1, -0.05) is 0 Å². The lowest BCUT2D eigenvalue weighted by Crippen LogP contribution is -2.27. The lowest BCUT2D eigenvalue weighted by molar-refractivity contribution is -0.387. The molecule has 1 rings (SSSR count). The maximum absolute atomic E-state index is 13.4. The van der Waals surface area contributed by atoms with E-state index in [0.717, 1.165) is 0 Å². The maximum Gasteiger partial charge on any atom is 0.412 e. The summed E-state index contributed by atoms with van der Waals surface area (Å²) in [4.78, 5) is 20.7. The summed E-state index contributed by atoms with van der Waals surface area (Å²) in [5.41, 5.74) is -2.34. The van der Waals surface area contributed by atoms with E-state index in [1.807, 2.05) is 5.32 Å². The Balaban J connectivity index is 2.95. The standard InChI is InChI=1S/C11H12F2N2O4/c1-11(2,3)19-10(16)14-8-4-7(13)9(15(17)18)5-6(8)12/h4-5H,1-3H3,(H,14,16). The molecule has 0 saturated heterocycles. The third kappa shape index (κ3) is 4.16. The lowest BCUT2D eigenvalue weighted by Gasteiger charge is -2.19. The number of nitrogens with one attached hydrogen (secondary N) is 1. The van der Waals surface area contributed by atoms with E-state index in [9.17, 15) is 23.7 Å². The Labute approximate surface area is 107 Å². The van der Waals surface area contributed by atoms with Crippen LogP contribution in [0.1, 0.15) is 20.8 Å². The van der Waals surface area contributed by atoms with Crippen molar-refractivity contribution in [3.8, 4) is 0 Å². The van der Waals surface area contributed by atoms with Crippen molar-refractivity contribution in [2.75, 3.05) is 5.32 Å². The van der Waals surface area contributed by atoms with Gasteiger partial charge in [0.1, 0.15) is 5.60 Å². The van der Waals surface area contributed by atoms with Crippen LogP contribution in [0.15, 0.2) is 12.1 Å². The van der Waals surface area contributed by atoms with Crippen molar-refractivity contribution < 1.29 is 23.2 Å². The molecular weight excluding hydrogens is 262 g/mol. The van der Waals surface area contributed by atoms with Crippen LogP contribution >= 0.6 is 0 Å². The smallest absolute Gasteiger partial charge is 0.412 e. The van der Waals surface area contributed by atoms with Crippen molar-refractivity contribution in [2.24, 2.45) is 0 Å². The number of amides is 1. The summed E-state index contributed by atoms with van der Waals surface area (Å²) in [6, 6.07) is 0.916. The Morgan fingerprint density at radius 1 is 1.32 bits per heavy atom. The maximum atomic E-state index is 13.4. The number of hydrogen-bond donors (Lipinski definition) is 1. The van der Waals surface area contributed by atoms with E-state index in [2.05, 4.69) is 0 Å². The van der Waals surface area contributed by atoms with Crippen LogP contribution in [0.25, 0.3) is 0 Å². The predicted molar refractivity (Wildman–Crippen MR) is 62.9 cm³/mol. The third-order valence-electron chi connectivity index (χ3n) is 1.87. The van der Waals surface area contributed by atoms with Crippen LogP contribution in [0, 0.1) is 21.7 Å². The Hall–Kier alpha value is -2.25. The van der Waals surface area contributed by atoms with E-state index < -0.39 is 39.6 Å². The average Bonchev–Trinajstić information content (AvgIpc) is 2.19. The Kier molecular flexibility index (Phi) is 4.03. The van der Waals surface area contributed by atoms with Crippen molar-refractivity contribution in [1.29, 1.82) is 0 Å². The number of nitro groups is 1. The molecule has 0 aromatic heterocycles. The number of carbonyl (C=O) groups excluding carboxylic acids is 1. The van der Waals surface area contributed by atoms with Gasteiger partial charge in [-0.2, -0.15) is 4.39 Å². The number of rotatable bonds is 2. The second-order valence-electron chi connectivity index (χ2n) is 4.67. The van der Waals surface area contributed by atoms with Gasteiger partial charge < -0.3 is 4.74 Å². The van der Waals surface area contributed by atoms with Gasteiger partial charge in [-0.15, -0.1) is 0 Å². The largest absolute Gasteiger partial charge is 0.444 e. The second-order valence-corrected chi connectivity index (χ2v) is 4.67. The fourth-order valence-corrected chi connectivity index (χ4v) is 1.19. The van der Waals surface area contributed by atoms with Gasteiger partial charge in [-0.05, 0) is 20.8 Å². The van der Waals surface area contributed by atoms with Crippen LogP contribution in [0.2, 0.25) is 0 Å². The van der Waals surface area contributed by atoms with Crippen LogP contribution in [0.5, 0.6) is 0 Å². The van der Waals surface area contributed by atoms with E-state index in [4.69, 9.17) is 4.74 Å². The molecule has 0 unspecified atom stereocenters. The molecule has 1 N–H and O–H groups in total. The molecular formula is C11H12F2N2O4. The number of ether oxygens (including phenoxy) is 1. The van der Waals surface area contributed by atoms with Crippen molar-refractivity contribution in [3.05, 3.63) is 33.9 Å². The topological polar surface area (TPSA) is 81.5 Å². The molecule has 19 heavy (non-hydrogen) atoms. The molecule has 0 radical (unpaired) electrons. The SMILES string of the molecule is CC(C)(C)OC(=O)Nc1cc(F)c([N+](=O)[O-])cc1F. The van der Waals surface area contributed by atoms with Crippen LogP contribution < -0.4 is 5.32 Å². The average molecular weight is 274 g/mol. The predicted octanol–water partition coefficient (Wildman–Crippen LogP) is 3.22. The molecule has 0 aliphatic heterocycles. The first-order chi connectivity index (χ1) is 8.60. The molecule has 0 heterocycles. The quantitative estimate of drug-likeness (QED) is 0.663. The summed E-state index contributed by atoms with van der Waals surface area (Å²) >= 11 is 0. The molecule has 0 atom stereocenters. The minimum Gasteiger partial charge on any atom is -0.444 e. The third-order valence-corrected chi connectivity index (χ3v) is 1.87. The normalized spacial score (nSPS) is 11.0. The molecule has 8 heteroatoms. The Morgan fingerprint density at radius 2 is 1.89 bits per heavy atom. The van der Waals surface area contributed by atoms with Gasteiger partial charge >= 0.3 is 11.8 Å². The number of nitro benzene ring substituents is 1. The summed E-state index contributed by atoms with van der Waals surface area (Å²) in [5, 5.41) is 12.4. The van der Waals surface area contributed by atoms with E-state index in [-0.39, 0.29) is 0 Å². The summed E-state index contributed by atoms with van der Waals surface area (Å²) in [7, 11) is 0. The van der Waals surface area contributed by atoms with E-state index in [0.29, 0.717) is 12.1 Å². The van der Waals surface area contributed by atoms with Gasteiger partial charge in [0.25, 0.3) is 0 Å². The van der Waals surface area contributed by atoms with Gasteiger partial charge in [0, 0.05) is 6.07 Å². The lowest BCUT2D eigenvalue weighted by atomic mass is 10.2. The van der Waals surface area contributed by atoms with E-state index in [1.54, 1.807) is 20.8 Å². The molecule has 0 bridgehead atoms. The highest BCUT2D eigenvalue weighted by Gasteiger charge is 2.21. The number of halogens is 2. The fraction of sp³-hybridized carbons (Fsp3) is 0.364. The summed E-state index contributed by atoms with van der Waals surface area (Å²) < 4.78 is 31.6. The van der Waals surface area contributed by atoms with Crippen LogP contribution in [0.3, 0.4) is 0 Å². The van der Waals surface area contributed by atoms with Crippen molar-refractivity contribution >= 4 is 17.5 Å². The first-order valence-electron chi connectivity index (χ1n) is 5.23. The first-order valence-corrected chi connectivity index (χ1v) is 5.23. The van der Waals surface area contributed by atoms with Crippen molar-refractivity contribution in [3.63, 3.8) is 0 Å². The van der Waals surface area contributed by atoms with Gasteiger partial charge in [0.05, 0.1) is 16.7 Å². The molecule has 1 aromatic rings. The molecule has 0 aliphatic rings. The van der Waals surface area contributed by atoms with Crippen molar-refractivity contribution in [2.45, 2.75) is 26.4 Å². The molecule has 0 aliphatic carbocycles. The molecule has 1 aromatic carbocycles. The fourth-order valence-electron chi connectivity index (χ4n) is 1.19.